The highest BCUT2D eigenvalue weighted by atomic mass is 32.2. The van der Waals surface area contributed by atoms with E-state index < -0.39 is 27.7 Å². The molecule has 0 fully saturated rings. The molecule has 1 N–H and O–H groups in total. The van der Waals surface area contributed by atoms with Gasteiger partial charge in [0, 0.05) is 5.69 Å². The smallest absolute Gasteiger partial charge is 0.416 e. The van der Waals surface area contributed by atoms with Gasteiger partial charge >= 0.3 is 12.1 Å². The molecule has 0 spiro atoms. The summed E-state index contributed by atoms with van der Waals surface area (Å²) >= 11 is 0. The van der Waals surface area contributed by atoms with Crippen molar-refractivity contribution >= 4 is 21.7 Å². The van der Waals surface area contributed by atoms with E-state index >= 15 is 0 Å². The SMILES string of the molecule is CCc1ccc(S(=O)(=O)Nc2ccc(-c3ccc(C(F)(F)F)cc3)cc2)cc1C(=O)OC. The van der Waals surface area contributed by atoms with Gasteiger partial charge in [-0.2, -0.15) is 13.2 Å². The van der Waals surface area contributed by atoms with Gasteiger partial charge in [-0.05, 0) is 59.5 Å². The Morgan fingerprint density at radius 2 is 1.50 bits per heavy atom. The maximum absolute atomic E-state index is 12.8. The highest BCUT2D eigenvalue weighted by Crippen LogP contribution is 2.31. The largest absolute Gasteiger partial charge is 0.465 e. The van der Waals surface area contributed by atoms with E-state index in [1.807, 2.05) is 6.92 Å². The van der Waals surface area contributed by atoms with Crippen LogP contribution in [0, 0.1) is 0 Å². The molecule has 5 nitrogen and oxygen atoms in total. The third kappa shape index (κ3) is 5.11. The lowest BCUT2D eigenvalue weighted by molar-refractivity contribution is -0.137. The van der Waals surface area contributed by atoms with E-state index in [9.17, 15) is 26.4 Å². The summed E-state index contributed by atoms with van der Waals surface area (Å²) in [5, 5.41) is 0. The maximum atomic E-state index is 12.8. The van der Waals surface area contributed by atoms with Gasteiger partial charge in [0.1, 0.15) is 0 Å². The summed E-state index contributed by atoms with van der Waals surface area (Å²) in [7, 11) is -2.76. The molecule has 0 atom stereocenters. The third-order valence-electron chi connectivity index (χ3n) is 4.86. The second-order valence-corrected chi connectivity index (χ2v) is 8.60. The molecular formula is C23H20F3NO4S. The number of methoxy groups -OCH3 is 1. The molecule has 0 amide bonds. The van der Waals surface area contributed by atoms with Gasteiger partial charge in [-0.1, -0.05) is 37.3 Å². The topological polar surface area (TPSA) is 72.5 Å². The van der Waals surface area contributed by atoms with E-state index in [1.165, 1.54) is 43.5 Å². The van der Waals surface area contributed by atoms with Crippen molar-refractivity contribution in [2.75, 3.05) is 11.8 Å². The number of aryl methyl sites for hydroxylation is 1. The Labute approximate surface area is 183 Å². The summed E-state index contributed by atoms with van der Waals surface area (Å²) in [5.74, 6) is -0.625. The number of carbonyl (C=O) groups is 1. The number of halogens is 3. The quantitative estimate of drug-likeness (QED) is 0.489. The van der Waals surface area contributed by atoms with E-state index in [1.54, 1.807) is 18.2 Å². The Kier molecular flexibility index (Phi) is 6.59. The summed E-state index contributed by atoms with van der Waals surface area (Å²) < 4.78 is 70.9. The van der Waals surface area contributed by atoms with Crippen LogP contribution in [0.3, 0.4) is 0 Å². The summed E-state index contributed by atoms with van der Waals surface area (Å²) in [6, 6.07) is 15.1. The Bertz CT molecular complexity index is 1220. The molecule has 3 rings (SSSR count). The van der Waals surface area contributed by atoms with Crippen molar-refractivity contribution in [3.05, 3.63) is 83.4 Å². The fourth-order valence-electron chi connectivity index (χ4n) is 3.13. The zero-order valence-electron chi connectivity index (χ0n) is 17.2. The zero-order valence-corrected chi connectivity index (χ0v) is 18.0. The number of anilines is 1. The van der Waals surface area contributed by atoms with Crippen LogP contribution in [0.25, 0.3) is 11.1 Å². The lowest BCUT2D eigenvalue weighted by atomic mass is 10.0. The number of hydrogen-bond acceptors (Lipinski definition) is 4. The molecule has 3 aromatic rings. The number of hydrogen-bond donors (Lipinski definition) is 1. The average Bonchev–Trinajstić information content (AvgIpc) is 2.78. The number of sulfonamides is 1. The average molecular weight is 463 g/mol. The van der Waals surface area contributed by atoms with E-state index in [0.717, 1.165) is 12.1 Å². The van der Waals surface area contributed by atoms with Crippen LogP contribution in [0.1, 0.15) is 28.4 Å². The van der Waals surface area contributed by atoms with Gasteiger partial charge < -0.3 is 4.74 Å². The molecule has 0 heterocycles. The van der Waals surface area contributed by atoms with Crippen LogP contribution < -0.4 is 4.72 Å². The number of nitrogens with one attached hydrogen (secondary N) is 1. The molecule has 0 saturated carbocycles. The van der Waals surface area contributed by atoms with Gasteiger partial charge in [-0.15, -0.1) is 0 Å². The highest BCUT2D eigenvalue weighted by molar-refractivity contribution is 7.92. The molecule has 3 aromatic carbocycles. The number of benzene rings is 3. The normalized spacial score (nSPS) is 11.8. The predicted octanol–water partition coefficient (Wildman–Crippen LogP) is 5.52. The molecule has 0 unspecified atom stereocenters. The monoisotopic (exact) mass is 463 g/mol. The van der Waals surface area contributed by atoms with Gasteiger partial charge in [-0.25, -0.2) is 13.2 Å². The second kappa shape index (κ2) is 9.04. The van der Waals surface area contributed by atoms with E-state index in [4.69, 9.17) is 4.74 Å². The first kappa shape index (κ1) is 23.3. The van der Waals surface area contributed by atoms with Gasteiger partial charge in [-0.3, -0.25) is 4.72 Å². The Hall–Kier alpha value is -3.33. The van der Waals surface area contributed by atoms with Crippen LogP contribution in [0.2, 0.25) is 0 Å². The molecule has 0 bridgehead atoms. The summed E-state index contributed by atoms with van der Waals surface area (Å²) in [4.78, 5) is 11.9. The van der Waals surface area contributed by atoms with Crippen molar-refractivity contribution in [1.82, 2.24) is 0 Å². The number of alkyl halides is 3. The lowest BCUT2D eigenvalue weighted by Gasteiger charge is -2.12. The van der Waals surface area contributed by atoms with Crippen molar-refractivity contribution in [2.45, 2.75) is 24.4 Å². The first-order valence-electron chi connectivity index (χ1n) is 9.57. The van der Waals surface area contributed by atoms with Gasteiger partial charge in [0.25, 0.3) is 10.0 Å². The lowest BCUT2D eigenvalue weighted by Crippen LogP contribution is -2.15. The molecule has 9 heteroatoms. The molecule has 0 aliphatic heterocycles. The number of esters is 1. The second-order valence-electron chi connectivity index (χ2n) is 6.92. The Morgan fingerprint density at radius 1 is 0.938 bits per heavy atom. The van der Waals surface area contributed by atoms with Crippen molar-refractivity contribution < 1.29 is 31.1 Å². The maximum Gasteiger partial charge on any atom is 0.416 e. The van der Waals surface area contributed by atoms with Gasteiger partial charge in [0.2, 0.25) is 0 Å². The molecule has 0 aliphatic rings. The molecule has 168 valence electrons. The molecule has 0 radical (unpaired) electrons. The summed E-state index contributed by atoms with van der Waals surface area (Å²) in [6.07, 6.45) is -3.88. The van der Waals surface area contributed by atoms with Crippen LogP contribution in [-0.2, 0) is 27.4 Å². The van der Waals surface area contributed by atoms with Crippen molar-refractivity contribution in [3.63, 3.8) is 0 Å². The molecule has 32 heavy (non-hydrogen) atoms. The van der Waals surface area contributed by atoms with Crippen LogP contribution in [0.4, 0.5) is 18.9 Å². The van der Waals surface area contributed by atoms with E-state index in [-0.39, 0.29) is 16.1 Å². The first-order chi connectivity index (χ1) is 15.0. The van der Waals surface area contributed by atoms with Crippen LogP contribution >= 0.6 is 0 Å². The van der Waals surface area contributed by atoms with Crippen molar-refractivity contribution in [2.24, 2.45) is 0 Å². The fraction of sp³-hybridized carbons (Fsp3) is 0.174. The minimum absolute atomic E-state index is 0.0954. The zero-order chi connectivity index (χ0) is 23.5. The summed E-state index contributed by atoms with van der Waals surface area (Å²) in [5.41, 5.74) is 1.55. The van der Waals surface area contributed by atoms with E-state index in [0.29, 0.717) is 23.1 Å². The summed E-state index contributed by atoms with van der Waals surface area (Å²) in [6.45, 7) is 1.84. The number of rotatable bonds is 6. The number of ether oxygens (including phenoxy) is 1. The Balaban J connectivity index is 1.82. The van der Waals surface area contributed by atoms with Crippen molar-refractivity contribution in [1.29, 1.82) is 0 Å². The fourth-order valence-corrected chi connectivity index (χ4v) is 4.21. The van der Waals surface area contributed by atoms with Crippen LogP contribution in [-0.4, -0.2) is 21.5 Å². The molecule has 0 saturated heterocycles. The standard InChI is InChI=1S/C23H20F3NO4S/c1-3-15-8-13-20(14-21(15)22(28)31-2)32(29,30)27-19-11-6-17(7-12-19)16-4-9-18(10-5-16)23(24,25)26/h4-14,27H,3H2,1-2H3. The highest BCUT2D eigenvalue weighted by Gasteiger charge is 2.30. The minimum Gasteiger partial charge on any atom is -0.465 e. The molecule has 0 aromatic heterocycles. The van der Waals surface area contributed by atoms with Crippen LogP contribution in [0.15, 0.2) is 71.6 Å². The Morgan fingerprint density at radius 3 is 2.00 bits per heavy atom. The minimum atomic E-state index is -4.41. The van der Waals surface area contributed by atoms with Crippen LogP contribution in [0.5, 0.6) is 0 Å². The van der Waals surface area contributed by atoms with Gasteiger partial charge in [0.05, 0.1) is 23.1 Å². The molecular weight excluding hydrogens is 443 g/mol. The van der Waals surface area contributed by atoms with Gasteiger partial charge in [0.15, 0.2) is 0 Å². The molecule has 0 aliphatic carbocycles. The first-order valence-corrected chi connectivity index (χ1v) is 11.0. The van der Waals surface area contributed by atoms with Crippen molar-refractivity contribution in [3.8, 4) is 11.1 Å². The van der Waals surface area contributed by atoms with E-state index in [2.05, 4.69) is 4.72 Å². The third-order valence-corrected chi connectivity index (χ3v) is 6.24. The number of carbonyl (C=O) groups excluding carboxylic acids is 1. The predicted molar refractivity (Wildman–Crippen MR) is 115 cm³/mol.